The van der Waals surface area contributed by atoms with Crippen LogP contribution in [0.2, 0.25) is 6.82 Å². The number of alkyl halides is 3. The third-order valence-corrected chi connectivity index (χ3v) is 1.39. The van der Waals surface area contributed by atoms with E-state index in [9.17, 15) is 22.8 Å². The molecule has 0 aliphatic heterocycles. The lowest BCUT2D eigenvalue weighted by molar-refractivity contribution is -0.205. The first kappa shape index (κ1) is 110. The highest BCUT2D eigenvalue weighted by Gasteiger charge is 2.17. The Labute approximate surface area is 334 Å². The largest absolute Gasteiger partial charge is 0.491 e. The van der Waals surface area contributed by atoms with Crippen molar-refractivity contribution >= 4 is 48.6 Å². The summed E-state index contributed by atoms with van der Waals surface area (Å²) in [5.41, 5.74) is 0. The second-order valence-corrected chi connectivity index (χ2v) is 5.77. The highest BCUT2D eigenvalue weighted by atomic mass is 32.1. The summed E-state index contributed by atoms with van der Waals surface area (Å²) in [5.74, 6) is -1.32. The monoisotopic (exact) mass is 819 g/mol. The first-order valence-corrected chi connectivity index (χ1v) is 17.9. The van der Waals surface area contributed by atoms with Gasteiger partial charge in [-0.25, -0.2) is 0 Å². The minimum atomic E-state index is -2.96. The van der Waals surface area contributed by atoms with E-state index < -0.39 is 19.2 Å². The highest BCUT2D eigenvalue weighted by molar-refractivity contribution is 7.80. The van der Waals surface area contributed by atoms with Crippen LogP contribution >= 0.6 is 12.2 Å². The van der Waals surface area contributed by atoms with Crippen LogP contribution in [0.5, 0.6) is 0 Å². The number of methoxy groups -OCH3 is 4. The third-order valence-electron chi connectivity index (χ3n) is 1.22. The maximum absolute atomic E-state index is 11.2. The average molecular weight is 819 g/mol. The smallest absolute Gasteiger partial charge is 0.448 e. The van der Waals surface area contributed by atoms with Crippen LogP contribution in [-0.4, -0.2) is 105 Å². The molecular weight excluding hydrogens is 724 g/mol. The molecule has 0 heterocycles. The lowest BCUT2D eigenvalue weighted by atomic mass is 9.99. The summed E-state index contributed by atoms with van der Waals surface area (Å²) >= 11 is 4.47. The first-order valence-electron chi connectivity index (χ1n) is 17.5. The third kappa shape index (κ3) is 2540. The number of carbonyl (C=O) groups is 4. The minimum Gasteiger partial charge on any atom is -0.491 e. The molecule has 0 spiro atoms. The van der Waals surface area contributed by atoms with Crippen molar-refractivity contribution < 1.29 is 71.6 Å². The Morgan fingerprint density at radius 1 is 0.660 bits per heavy atom. The van der Waals surface area contributed by atoms with Crippen molar-refractivity contribution in [2.75, 3.05) is 42.7 Å². The Kier molecular flexibility index (Phi) is 402. The van der Waals surface area contributed by atoms with Gasteiger partial charge in [0.2, 0.25) is 0 Å². The van der Waals surface area contributed by atoms with E-state index in [1.807, 2.05) is 96.9 Å². The quantitative estimate of drug-likeness (QED) is 0.0848. The molecule has 0 saturated heterocycles. The van der Waals surface area contributed by atoms with Gasteiger partial charge in [0, 0.05) is 48.8 Å². The summed E-state index contributed by atoms with van der Waals surface area (Å²) in [6.45, 7) is 41.2. The van der Waals surface area contributed by atoms with Crippen LogP contribution in [0.15, 0.2) is 0 Å². The van der Waals surface area contributed by atoms with Gasteiger partial charge in [-0.1, -0.05) is 117 Å². The molecule has 0 aromatic rings. The van der Waals surface area contributed by atoms with Crippen molar-refractivity contribution in [1.82, 2.24) is 0 Å². The van der Waals surface area contributed by atoms with Gasteiger partial charge in [-0.15, -0.1) is 0 Å². The zero-order chi connectivity index (χ0) is 48.6. The summed E-state index contributed by atoms with van der Waals surface area (Å²) in [5, 5.41) is 30.2. The van der Waals surface area contributed by atoms with Crippen LogP contribution in [0.4, 0.5) is 13.2 Å². The number of thiocarbonyl (C=S) groups is 1. The van der Waals surface area contributed by atoms with E-state index in [0.717, 1.165) is 27.4 Å². The van der Waals surface area contributed by atoms with Crippen molar-refractivity contribution in [3.05, 3.63) is 0 Å². The van der Waals surface area contributed by atoms with E-state index in [0.29, 0.717) is 19.2 Å². The summed E-state index contributed by atoms with van der Waals surface area (Å²) < 4.78 is 48.3. The number of carboxylic acid groups (broad SMARTS) is 1. The number of aliphatic carboxylic acids is 1. The standard InChI is InChI=1S/C3H6F2O.2C3H6O2.C3H6OS.C3H8.C2H4O2.C2H4O.7C2H6.CH5BO2.CH3F.CH4O/c1-3(4,5)6-2;2*1-3(4)5-2;1-3(5)4-2;1-3-2;1-2(3)4;1-2-3;7*1-2;1-2(3)4;2*1-2/h1-2H3;3*1-2H3;3H2,1-2H3;1H3,(H,3,4);2H,1H3;7*1-2H3;3-4H,1H3;1H3;2H,1H3. The van der Waals surface area contributed by atoms with Gasteiger partial charge >= 0.3 is 25.2 Å². The topological polar surface area (TPSA) is 186 Å². The van der Waals surface area contributed by atoms with Gasteiger partial charge in [-0.3, -0.25) is 18.8 Å². The van der Waals surface area contributed by atoms with Crippen LogP contribution in [-0.2, 0) is 38.1 Å². The minimum absolute atomic E-state index is 0.245. The number of hydrogen-bond acceptors (Lipinski definition) is 12. The zero-order valence-electron chi connectivity index (χ0n) is 40.0. The second kappa shape index (κ2) is 193. The van der Waals surface area contributed by atoms with E-state index >= 15 is 0 Å². The van der Waals surface area contributed by atoms with Gasteiger partial charge in [0.05, 0.1) is 28.5 Å². The fourth-order valence-electron chi connectivity index (χ4n) is 0. The number of hydrogen-bond donors (Lipinski definition) is 4. The number of aliphatic hydroxyl groups excluding tert-OH is 1. The maximum Gasteiger partial charge on any atom is 0.448 e. The molecule has 12 nitrogen and oxygen atoms in total. The number of ether oxygens (including phenoxy) is 4. The predicted molar refractivity (Wildman–Crippen MR) is 230 cm³/mol. The fourth-order valence-corrected chi connectivity index (χ4v) is 0. The molecule has 53 heavy (non-hydrogen) atoms. The van der Waals surface area contributed by atoms with E-state index in [1.165, 1.54) is 48.2 Å². The van der Waals surface area contributed by atoms with Crippen molar-refractivity contribution in [1.29, 1.82) is 0 Å². The second-order valence-electron chi connectivity index (χ2n) is 5.19. The summed E-state index contributed by atoms with van der Waals surface area (Å²) in [7, 11) is 5.55. The molecule has 0 saturated carbocycles. The maximum atomic E-state index is 11.2. The molecule has 0 radical (unpaired) electrons. The van der Waals surface area contributed by atoms with Gasteiger partial charge in [-0.05, 0) is 26.0 Å². The Balaban J connectivity index is -0.0000000176. The van der Waals surface area contributed by atoms with E-state index in [2.05, 4.69) is 45.0 Å². The van der Waals surface area contributed by atoms with Crippen molar-refractivity contribution in [2.24, 2.45) is 0 Å². The fraction of sp³-hybridized carbons (Fsp3) is 0.861. The molecule has 0 aliphatic rings. The number of rotatable bonds is 1. The van der Waals surface area contributed by atoms with E-state index in [-0.39, 0.29) is 11.9 Å². The van der Waals surface area contributed by atoms with Gasteiger partial charge in [0.25, 0.3) is 5.97 Å². The van der Waals surface area contributed by atoms with E-state index in [1.54, 1.807) is 14.0 Å². The molecule has 0 fully saturated rings. The summed E-state index contributed by atoms with van der Waals surface area (Å²) in [6.07, 6.45) is -0.958. The number of aliphatic hydroxyl groups is 1. The first-order chi connectivity index (χ1) is 24.7. The lowest BCUT2D eigenvalue weighted by Crippen LogP contribution is -2.10. The zero-order valence-corrected chi connectivity index (χ0v) is 40.8. The van der Waals surface area contributed by atoms with Gasteiger partial charge in [-0.2, -0.15) is 8.78 Å². The lowest BCUT2D eigenvalue weighted by Gasteiger charge is -2.03. The molecule has 340 valence electrons. The molecule has 17 heteroatoms. The molecule has 0 amide bonds. The molecule has 0 unspecified atom stereocenters. The molecule has 0 aromatic carbocycles. The van der Waals surface area contributed by atoms with Crippen molar-refractivity contribution in [3.63, 3.8) is 0 Å². The van der Waals surface area contributed by atoms with Crippen molar-refractivity contribution in [3.8, 4) is 0 Å². The van der Waals surface area contributed by atoms with Crippen LogP contribution in [0.1, 0.15) is 159 Å². The Morgan fingerprint density at radius 2 is 0.717 bits per heavy atom. The molecule has 0 bridgehead atoms. The molecule has 0 rings (SSSR count). The van der Waals surface area contributed by atoms with Crippen molar-refractivity contribution in [2.45, 2.75) is 172 Å². The van der Waals surface area contributed by atoms with Gasteiger partial charge in [0.15, 0.2) is 5.05 Å². The number of carboxylic acids is 1. The highest BCUT2D eigenvalue weighted by Crippen LogP contribution is 2.09. The Hall–Kier alpha value is -2.34. The number of halogens is 3. The van der Waals surface area contributed by atoms with Crippen LogP contribution in [0.3, 0.4) is 0 Å². The van der Waals surface area contributed by atoms with Crippen LogP contribution in [0, 0.1) is 0 Å². The Morgan fingerprint density at radius 3 is 0.717 bits per heavy atom. The number of carbonyl (C=O) groups excluding carboxylic acids is 3. The van der Waals surface area contributed by atoms with Gasteiger partial charge < -0.3 is 44.0 Å². The molecule has 0 aliphatic carbocycles. The van der Waals surface area contributed by atoms with E-state index in [4.69, 9.17) is 29.9 Å². The van der Waals surface area contributed by atoms with Crippen LogP contribution < -0.4 is 0 Å². The van der Waals surface area contributed by atoms with Crippen LogP contribution in [0.25, 0.3) is 0 Å². The number of esters is 2. The molecular formula is C36H94BF3O12S. The molecule has 0 aromatic heterocycles. The number of aldehydes is 1. The SMILES string of the molecule is CB(O)O.CC.CC.CC.CC.CC.CC.CC.CC(=O)O.CC=O.CCC.CF.CO.COC(C)(F)F.COC(C)=O.COC(C)=O.COC(C)=S. The average Bonchev–Trinajstić information content (AvgIpc) is 3.16. The molecule has 4 N–H and O–H groups in total. The summed E-state index contributed by atoms with van der Waals surface area (Å²) in [4.78, 5) is 37.0. The predicted octanol–water partition coefficient (Wildman–Crippen LogP) is 10.8. The van der Waals surface area contributed by atoms with Gasteiger partial charge in [0.1, 0.15) is 6.29 Å². The summed E-state index contributed by atoms with van der Waals surface area (Å²) in [6, 6.07) is 0. The Bertz CT molecular complexity index is 439. The normalized spacial score (nSPS) is 5.87. The molecule has 0 atom stereocenters.